The summed E-state index contributed by atoms with van der Waals surface area (Å²) in [6.07, 6.45) is 0. The van der Waals surface area contributed by atoms with Crippen molar-refractivity contribution in [2.24, 2.45) is 0 Å². The van der Waals surface area contributed by atoms with Crippen molar-refractivity contribution >= 4 is 49.3 Å². The number of allylic oxidation sites excluding steroid dienone is 2. The zero-order valence-corrected chi connectivity index (χ0v) is 36.8. The van der Waals surface area contributed by atoms with E-state index in [9.17, 15) is 0 Å². The first-order chi connectivity index (χ1) is 22.8. The van der Waals surface area contributed by atoms with E-state index in [0.717, 1.165) is 0 Å². The van der Waals surface area contributed by atoms with Crippen LogP contribution in [0.2, 0.25) is 26.2 Å². The number of hydrogen-bond donors (Lipinski definition) is 0. The molecule has 0 saturated heterocycles. The molecule has 0 aliphatic heterocycles. The Hall–Kier alpha value is -2.80. The molecule has 0 saturated carbocycles. The molecule has 0 bridgehead atoms. The molecular formula is C44H44Cl2HfSi2. The fraction of sp³-hybridized carbons (Fsp3) is 0.182. The standard InChI is InChI=1S/2C20H15.C4H14Si2.2ClH.Hf/c2*1-14-13-16-8-3-5-11-18(16)20(14)19-12-6-9-15-7-2-4-10-17(15)19;1-5-6(2,3)4;;;/h2*2-13H,1H3;5H2,1-4H3;2*1H;/q;;;;;+2/p-2. The smallest absolute Gasteiger partial charge is 0.0307 e. The Morgan fingerprint density at radius 3 is 1.20 bits per heavy atom. The van der Waals surface area contributed by atoms with E-state index in [0.29, 0.717) is 16.4 Å². The first kappa shape index (κ1) is 37.5. The van der Waals surface area contributed by atoms with Crippen LogP contribution in [0.15, 0.2) is 145 Å². The third kappa shape index (κ3) is 7.21. The second-order valence-electron chi connectivity index (χ2n) is 14.3. The van der Waals surface area contributed by atoms with Crippen LogP contribution in [0.1, 0.15) is 54.6 Å². The molecule has 5 heteroatoms. The zero-order valence-electron chi connectivity index (χ0n) is 29.3. The second kappa shape index (κ2) is 15.6. The van der Waals surface area contributed by atoms with Gasteiger partial charge >= 0.3 is 255 Å². The van der Waals surface area contributed by atoms with Crippen molar-refractivity contribution in [1.29, 1.82) is 0 Å². The van der Waals surface area contributed by atoms with E-state index in [1.54, 1.807) is 22.3 Å². The van der Waals surface area contributed by atoms with E-state index in [-0.39, 0.29) is 24.8 Å². The maximum Gasteiger partial charge on any atom is 0.0307 e. The molecule has 0 spiro atoms. The predicted octanol–water partition coefficient (Wildman–Crippen LogP) is 5.57. The normalized spacial score (nSPS) is 16.5. The Labute approximate surface area is 319 Å². The molecule has 49 heavy (non-hydrogen) atoms. The van der Waals surface area contributed by atoms with Crippen molar-refractivity contribution in [3.05, 3.63) is 178 Å². The van der Waals surface area contributed by atoms with Gasteiger partial charge in [0.2, 0.25) is 0 Å². The average Bonchev–Trinajstić information content (AvgIpc) is 3.53. The van der Waals surface area contributed by atoms with Gasteiger partial charge in [0.15, 0.2) is 0 Å². The van der Waals surface area contributed by atoms with Gasteiger partial charge < -0.3 is 24.8 Å². The van der Waals surface area contributed by atoms with Gasteiger partial charge in [-0.1, -0.05) is 26.2 Å². The first-order valence-electron chi connectivity index (χ1n) is 17.1. The summed E-state index contributed by atoms with van der Waals surface area (Å²) in [7, 11) is -0.101. The van der Waals surface area contributed by atoms with Crippen LogP contribution in [-0.4, -0.2) is 16.6 Å². The van der Waals surface area contributed by atoms with Crippen molar-refractivity contribution < 1.29 is 47.7 Å². The van der Waals surface area contributed by atoms with Crippen molar-refractivity contribution in [2.45, 2.75) is 47.4 Å². The van der Waals surface area contributed by atoms with Crippen LogP contribution in [0.4, 0.5) is 0 Å². The molecule has 0 amide bonds. The van der Waals surface area contributed by atoms with E-state index >= 15 is 0 Å². The minimum Gasteiger partial charge on any atom is -1.00 e. The van der Waals surface area contributed by atoms with Gasteiger partial charge in [-0.2, -0.15) is 0 Å². The summed E-state index contributed by atoms with van der Waals surface area (Å²) in [6, 6.07) is 49.8. The Kier molecular flexibility index (Phi) is 11.9. The fourth-order valence-corrected chi connectivity index (χ4v) is 14.5. The molecule has 8 rings (SSSR count). The number of rotatable bonds is 5. The second-order valence-corrected chi connectivity index (χ2v) is 34.0. The zero-order chi connectivity index (χ0) is 32.7. The Morgan fingerprint density at radius 1 is 0.469 bits per heavy atom. The van der Waals surface area contributed by atoms with Crippen LogP contribution < -0.4 is 24.8 Å². The quantitative estimate of drug-likeness (QED) is 0.199. The summed E-state index contributed by atoms with van der Waals surface area (Å²) in [5.74, 6) is 0. The van der Waals surface area contributed by atoms with Crippen LogP contribution in [0.5, 0.6) is 0 Å². The van der Waals surface area contributed by atoms with Gasteiger partial charge in [-0.05, 0) is 0 Å². The topological polar surface area (TPSA) is 0 Å². The van der Waals surface area contributed by atoms with E-state index in [2.05, 4.69) is 173 Å². The number of halogens is 2. The van der Waals surface area contributed by atoms with Gasteiger partial charge in [-0.15, -0.1) is 0 Å². The fourth-order valence-electron chi connectivity index (χ4n) is 7.33. The summed E-state index contributed by atoms with van der Waals surface area (Å²) in [5, 5.41) is 5.34. The third-order valence-corrected chi connectivity index (χ3v) is 26.5. The first-order valence-corrected chi connectivity index (χ1v) is 28.5. The molecule has 0 heterocycles. The van der Waals surface area contributed by atoms with Gasteiger partial charge in [-0.25, -0.2) is 0 Å². The van der Waals surface area contributed by atoms with Gasteiger partial charge in [-0.3, -0.25) is 0 Å². The molecule has 0 radical (unpaired) electrons. The predicted molar refractivity (Wildman–Crippen MR) is 207 cm³/mol. The summed E-state index contributed by atoms with van der Waals surface area (Å²) < 4.78 is 1.14. The SMILES string of the molecule is CC1=C(c2cccc3ccccc23)c2ccccc2[CH]1[Hf+2][CH]1C(C)=C(c2cccc3ccccc23)c2ccccc21.C[SiH2][Si](C)(C)C.[Cl-].[Cl-]. The minimum absolute atomic E-state index is 0. The molecule has 246 valence electrons. The average molecular weight is 878 g/mol. The van der Waals surface area contributed by atoms with Crippen LogP contribution in [0, 0.1) is 0 Å². The molecular weight excluding hydrogens is 834 g/mol. The van der Waals surface area contributed by atoms with Crippen LogP contribution in [0.3, 0.4) is 0 Å². The molecule has 0 nitrogen and oxygen atoms in total. The molecule has 6 aromatic rings. The van der Waals surface area contributed by atoms with Crippen molar-refractivity contribution in [3.63, 3.8) is 0 Å². The van der Waals surface area contributed by atoms with Crippen molar-refractivity contribution in [2.75, 3.05) is 0 Å². The van der Waals surface area contributed by atoms with Gasteiger partial charge in [0, 0.05) is 16.6 Å². The van der Waals surface area contributed by atoms with Crippen LogP contribution in [-0.2, 0) is 22.9 Å². The largest absolute Gasteiger partial charge is 1.00 e. The van der Waals surface area contributed by atoms with Crippen molar-refractivity contribution in [3.8, 4) is 0 Å². The monoisotopic (exact) mass is 878 g/mol. The van der Waals surface area contributed by atoms with Crippen LogP contribution >= 0.6 is 0 Å². The number of hydrogen-bond acceptors (Lipinski definition) is 0. The van der Waals surface area contributed by atoms with Gasteiger partial charge in [0.25, 0.3) is 0 Å². The van der Waals surface area contributed by atoms with Gasteiger partial charge in [0.1, 0.15) is 0 Å². The molecule has 2 aliphatic carbocycles. The third-order valence-electron chi connectivity index (χ3n) is 10.2. The maximum absolute atomic E-state index is 2.44. The van der Waals surface area contributed by atoms with E-state index in [4.69, 9.17) is 0 Å². The number of benzene rings is 6. The van der Waals surface area contributed by atoms with Gasteiger partial charge in [0.05, 0.1) is 0 Å². The molecule has 2 aliphatic rings. The number of fused-ring (bicyclic) bond motifs is 4. The Bertz CT molecular complexity index is 2030. The molecule has 6 aromatic carbocycles. The summed E-state index contributed by atoms with van der Waals surface area (Å²) in [4.78, 5) is 0. The molecule has 0 aromatic heterocycles. The maximum atomic E-state index is 2.44. The minimum atomic E-state index is -1.33. The Morgan fingerprint density at radius 2 is 0.796 bits per heavy atom. The van der Waals surface area contributed by atoms with E-state index in [1.165, 1.54) is 54.9 Å². The van der Waals surface area contributed by atoms with E-state index in [1.807, 2.05) is 0 Å². The summed E-state index contributed by atoms with van der Waals surface area (Å²) in [5.41, 5.74) is 14.9. The summed E-state index contributed by atoms with van der Waals surface area (Å²) >= 11 is -1.33. The molecule has 0 N–H and O–H groups in total. The van der Waals surface area contributed by atoms with E-state index < -0.39 is 30.5 Å². The molecule has 0 fully saturated rings. The molecule has 2 unspecified atom stereocenters. The van der Waals surface area contributed by atoms with Crippen molar-refractivity contribution in [1.82, 2.24) is 0 Å². The summed E-state index contributed by atoms with van der Waals surface area (Å²) in [6.45, 7) is 14.6. The Balaban J connectivity index is 0.000000540. The molecule has 2 atom stereocenters. The van der Waals surface area contributed by atoms with Crippen LogP contribution in [0.25, 0.3) is 32.7 Å².